The van der Waals surface area contributed by atoms with E-state index in [0.29, 0.717) is 17.5 Å². The molecule has 2 aliphatic carbocycles. The molecule has 2 aliphatic rings. The smallest absolute Gasteiger partial charge is 0.164 e. The summed E-state index contributed by atoms with van der Waals surface area (Å²) in [5.74, 6) is 1.85. The summed E-state index contributed by atoms with van der Waals surface area (Å²) in [7, 11) is 0. The number of thiophene rings is 1. The zero-order chi connectivity index (χ0) is 43.6. The van der Waals surface area contributed by atoms with Gasteiger partial charge < -0.3 is 0 Å². The monoisotopic (exact) mass is 857 g/mol. The molecule has 66 heavy (non-hydrogen) atoms. The molecule has 0 N–H and O–H groups in total. The molecule has 0 amide bonds. The third-order valence-corrected chi connectivity index (χ3v) is 14.4. The second-order valence-corrected chi connectivity index (χ2v) is 18.0. The molecule has 1 unspecified atom stereocenters. The van der Waals surface area contributed by atoms with Crippen molar-refractivity contribution in [2.24, 2.45) is 0 Å². The van der Waals surface area contributed by atoms with Crippen LogP contribution in [-0.2, 0) is 5.41 Å². The normalized spacial score (nSPS) is 14.1. The van der Waals surface area contributed by atoms with Crippen LogP contribution in [0.15, 0.2) is 236 Å². The van der Waals surface area contributed by atoms with Crippen molar-refractivity contribution in [1.29, 1.82) is 0 Å². The van der Waals surface area contributed by atoms with Crippen molar-refractivity contribution in [3.63, 3.8) is 0 Å². The Morgan fingerprint density at radius 1 is 0.258 bits per heavy atom. The van der Waals surface area contributed by atoms with Gasteiger partial charge in [-0.1, -0.05) is 182 Å². The number of hydrogen-bond donors (Lipinski definition) is 0. The lowest BCUT2D eigenvalue weighted by molar-refractivity contribution is 0.811. The largest absolute Gasteiger partial charge is 0.208 e. The van der Waals surface area contributed by atoms with Crippen LogP contribution in [0, 0.1) is 0 Å². The van der Waals surface area contributed by atoms with E-state index in [1.165, 1.54) is 43.8 Å². The Labute approximate surface area is 388 Å². The summed E-state index contributed by atoms with van der Waals surface area (Å²) in [5.41, 5.74) is 20.2. The van der Waals surface area contributed by atoms with E-state index in [0.717, 1.165) is 61.2 Å². The van der Waals surface area contributed by atoms with Gasteiger partial charge in [-0.25, -0.2) is 15.0 Å². The average molecular weight is 858 g/mol. The minimum Gasteiger partial charge on any atom is -0.208 e. The van der Waals surface area contributed by atoms with Gasteiger partial charge >= 0.3 is 0 Å². The van der Waals surface area contributed by atoms with E-state index in [1.54, 1.807) is 0 Å². The molecule has 11 aromatic rings. The SMILES string of the molecule is c1ccc(-c2cc(-c3ccccc3)cc(-c3nc(-c4cc(-c5ccccc5)cc(-c5ccccc5)c4)nc(-c4ccc5c(c4)C4(c6ccccc6-5)c5ccccc5-c5ccsc54)n3)c2)cc1. The fourth-order valence-corrected chi connectivity index (χ4v) is 11.5. The Bertz CT molecular complexity index is 3380. The maximum atomic E-state index is 5.48. The van der Waals surface area contributed by atoms with Gasteiger partial charge in [-0.2, -0.15) is 0 Å². The predicted molar refractivity (Wildman–Crippen MR) is 272 cm³/mol. The number of hydrogen-bond acceptors (Lipinski definition) is 4. The number of benzene rings is 9. The maximum Gasteiger partial charge on any atom is 0.164 e. The van der Waals surface area contributed by atoms with Crippen LogP contribution < -0.4 is 0 Å². The molecule has 9 aromatic carbocycles. The molecule has 2 heterocycles. The first kappa shape index (κ1) is 38.2. The summed E-state index contributed by atoms with van der Waals surface area (Å²) in [4.78, 5) is 17.8. The third kappa shape index (κ3) is 6.14. The molecule has 13 rings (SSSR count). The summed E-state index contributed by atoms with van der Waals surface area (Å²) < 4.78 is 0. The average Bonchev–Trinajstić information content (AvgIpc) is 4.08. The lowest BCUT2D eigenvalue weighted by atomic mass is 9.73. The maximum absolute atomic E-state index is 5.48. The van der Waals surface area contributed by atoms with Gasteiger partial charge in [0.05, 0.1) is 5.41 Å². The van der Waals surface area contributed by atoms with Crippen molar-refractivity contribution in [2.45, 2.75) is 5.41 Å². The van der Waals surface area contributed by atoms with E-state index in [2.05, 4.69) is 236 Å². The molecular formula is C62H39N3S. The van der Waals surface area contributed by atoms with Gasteiger partial charge in [0.15, 0.2) is 17.5 Å². The molecular weight excluding hydrogens is 819 g/mol. The summed E-state index contributed by atoms with van der Waals surface area (Å²) in [6.45, 7) is 0. The third-order valence-electron chi connectivity index (χ3n) is 13.4. The molecule has 1 atom stereocenters. The Kier molecular flexibility index (Phi) is 8.93. The van der Waals surface area contributed by atoms with Crippen LogP contribution in [0.5, 0.6) is 0 Å². The molecule has 0 saturated carbocycles. The van der Waals surface area contributed by atoms with Crippen LogP contribution in [0.25, 0.3) is 101 Å². The summed E-state index contributed by atoms with van der Waals surface area (Å²) in [6.07, 6.45) is 0. The highest BCUT2D eigenvalue weighted by molar-refractivity contribution is 7.11. The second-order valence-electron chi connectivity index (χ2n) is 17.1. The highest BCUT2D eigenvalue weighted by atomic mass is 32.1. The van der Waals surface area contributed by atoms with Crippen LogP contribution in [0.3, 0.4) is 0 Å². The highest BCUT2D eigenvalue weighted by Crippen LogP contribution is 2.64. The van der Waals surface area contributed by atoms with Gasteiger partial charge in [0.25, 0.3) is 0 Å². The molecule has 1 spiro atoms. The summed E-state index contributed by atoms with van der Waals surface area (Å²) >= 11 is 1.85. The lowest BCUT2D eigenvalue weighted by Gasteiger charge is -2.29. The standard InChI is InChI=1S/C62H39N3S/c1-5-17-40(18-6-1)45-33-46(41-19-7-2-8-20-41)36-49(35-45)60-63-59(64-61(65-60)50-37-47(42-21-9-3-10-22-42)34-48(38-50)43-23-11-4-12-24-43)44-29-30-53-51-25-13-15-27-55(51)62(57(53)39-44)56-28-16-14-26-52(56)54-31-32-66-58(54)62/h1-39H. The van der Waals surface area contributed by atoms with Crippen LogP contribution in [0.4, 0.5) is 0 Å². The minimum absolute atomic E-state index is 0.454. The van der Waals surface area contributed by atoms with Crippen molar-refractivity contribution >= 4 is 11.3 Å². The van der Waals surface area contributed by atoms with Gasteiger partial charge in [0.1, 0.15) is 0 Å². The molecule has 0 bridgehead atoms. The number of nitrogens with zero attached hydrogens (tertiary/aromatic N) is 3. The molecule has 0 saturated heterocycles. The van der Waals surface area contributed by atoms with Gasteiger partial charge in [-0.15, -0.1) is 11.3 Å². The second kappa shape index (κ2) is 15.4. The zero-order valence-corrected chi connectivity index (χ0v) is 36.6. The van der Waals surface area contributed by atoms with Crippen molar-refractivity contribution in [1.82, 2.24) is 15.0 Å². The first-order valence-electron chi connectivity index (χ1n) is 22.4. The molecule has 308 valence electrons. The van der Waals surface area contributed by atoms with E-state index >= 15 is 0 Å². The fraction of sp³-hybridized carbons (Fsp3) is 0.0161. The predicted octanol–water partition coefficient (Wildman–Crippen LogP) is 15.9. The molecule has 4 heteroatoms. The Morgan fingerprint density at radius 2 is 0.621 bits per heavy atom. The van der Waals surface area contributed by atoms with E-state index in [-0.39, 0.29) is 0 Å². The number of rotatable bonds is 7. The van der Waals surface area contributed by atoms with Gasteiger partial charge in [0.2, 0.25) is 0 Å². The summed E-state index contributed by atoms with van der Waals surface area (Å²) in [6, 6.07) is 82.8. The van der Waals surface area contributed by atoms with Crippen LogP contribution in [0.2, 0.25) is 0 Å². The van der Waals surface area contributed by atoms with Crippen LogP contribution in [0.1, 0.15) is 21.6 Å². The van der Waals surface area contributed by atoms with Crippen molar-refractivity contribution < 1.29 is 0 Å². The molecule has 0 radical (unpaired) electrons. The van der Waals surface area contributed by atoms with Gasteiger partial charge in [-0.05, 0) is 137 Å². The Morgan fingerprint density at radius 3 is 1.08 bits per heavy atom. The quantitative estimate of drug-likeness (QED) is 0.160. The van der Waals surface area contributed by atoms with E-state index < -0.39 is 5.41 Å². The molecule has 0 fully saturated rings. The fourth-order valence-electron chi connectivity index (χ4n) is 10.4. The van der Waals surface area contributed by atoms with Crippen LogP contribution in [-0.4, -0.2) is 15.0 Å². The number of aromatic nitrogens is 3. The highest BCUT2D eigenvalue weighted by Gasteiger charge is 2.52. The Balaban J connectivity index is 1.07. The van der Waals surface area contributed by atoms with E-state index in [9.17, 15) is 0 Å². The van der Waals surface area contributed by atoms with Gasteiger partial charge in [-0.3, -0.25) is 0 Å². The molecule has 2 aromatic heterocycles. The Hall–Kier alpha value is -8.31. The van der Waals surface area contributed by atoms with Gasteiger partial charge in [0, 0.05) is 21.6 Å². The first-order valence-corrected chi connectivity index (χ1v) is 23.3. The zero-order valence-electron chi connectivity index (χ0n) is 35.8. The first-order chi connectivity index (χ1) is 32.7. The van der Waals surface area contributed by atoms with E-state index in [4.69, 9.17) is 15.0 Å². The van der Waals surface area contributed by atoms with Crippen molar-refractivity contribution in [2.75, 3.05) is 0 Å². The van der Waals surface area contributed by atoms with E-state index in [1.807, 2.05) is 11.3 Å². The molecule has 0 aliphatic heterocycles. The summed E-state index contributed by atoms with van der Waals surface area (Å²) in [5, 5.41) is 2.25. The molecule has 3 nitrogen and oxygen atoms in total. The van der Waals surface area contributed by atoms with Crippen molar-refractivity contribution in [3.8, 4) is 101 Å². The number of fused-ring (bicyclic) bond motifs is 10. The lowest BCUT2D eigenvalue weighted by Crippen LogP contribution is -2.25. The topological polar surface area (TPSA) is 38.7 Å². The minimum atomic E-state index is -0.454. The van der Waals surface area contributed by atoms with Crippen molar-refractivity contribution in [3.05, 3.63) is 257 Å². The van der Waals surface area contributed by atoms with Crippen LogP contribution >= 0.6 is 11.3 Å².